The number of rotatable bonds is 0. The van der Waals surface area contributed by atoms with Crippen molar-refractivity contribution in [1.82, 2.24) is 9.55 Å². The van der Waals surface area contributed by atoms with Gasteiger partial charge in [-0.05, 0) is 32.9 Å². The number of fused-ring (bicyclic) bond motifs is 1. The van der Waals surface area contributed by atoms with Crippen LogP contribution in [0.25, 0.3) is 10.9 Å². The summed E-state index contributed by atoms with van der Waals surface area (Å²) in [6, 6.07) is 3.31. The molecule has 2 rings (SSSR count). The number of aryl methyl sites for hydroxylation is 1. The molecule has 0 unspecified atom stereocenters. The highest BCUT2D eigenvalue weighted by Crippen LogP contribution is 2.24. The van der Waals surface area contributed by atoms with Gasteiger partial charge in [-0.2, -0.15) is 0 Å². The first-order valence-corrected chi connectivity index (χ1v) is 6.78. The molecule has 7 nitrogen and oxygen atoms in total. The summed E-state index contributed by atoms with van der Waals surface area (Å²) in [6.07, 6.45) is 0.731. The monoisotopic (exact) mass is 326 g/mol. The van der Waals surface area contributed by atoms with Crippen molar-refractivity contribution < 1.29 is 9.53 Å². The van der Waals surface area contributed by atoms with Crippen LogP contribution in [0.1, 0.15) is 20.8 Å². The molecule has 1 aromatic carbocycles. The number of nitrogens with zero attached hydrogens (tertiary/aromatic N) is 2. The summed E-state index contributed by atoms with van der Waals surface area (Å²) in [4.78, 5) is 25.8. The summed E-state index contributed by atoms with van der Waals surface area (Å²) >= 11 is 5.92. The molecule has 0 fully saturated rings. The molecule has 0 aliphatic carbocycles. The molecule has 22 heavy (non-hydrogen) atoms. The van der Waals surface area contributed by atoms with Gasteiger partial charge in [-0.25, -0.2) is 9.78 Å². The smallest absolute Gasteiger partial charge is 0.405 e. The quantitative estimate of drug-likeness (QED) is 0.719. The molecule has 0 radical (unpaired) electrons. The molecule has 2 aromatic rings. The number of benzene rings is 1. The minimum Gasteiger partial charge on any atom is -0.444 e. The van der Waals surface area contributed by atoms with Crippen LogP contribution in [-0.2, 0) is 11.8 Å². The molecule has 0 saturated heterocycles. The Kier molecular flexibility index (Phi) is 5.38. The maximum Gasteiger partial charge on any atom is 0.405 e. The van der Waals surface area contributed by atoms with Crippen molar-refractivity contribution in [3.63, 3.8) is 0 Å². The van der Waals surface area contributed by atoms with Crippen molar-refractivity contribution in [2.75, 3.05) is 5.73 Å². The number of carbonyl (C=O) groups excluding carboxylic acids is 1. The lowest BCUT2D eigenvalue weighted by Gasteiger charge is -2.16. The maximum absolute atomic E-state index is 11.7. The van der Waals surface area contributed by atoms with Gasteiger partial charge in [0.15, 0.2) is 0 Å². The Labute approximate surface area is 132 Å². The van der Waals surface area contributed by atoms with E-state index in [0.29, 0.717) is 16.6 Å². The third-order valence-electron chi connectivity index (χ3n) is 2.46. The van der Waals surface area contributed by atoms with E-state index in [9.17, 15) is 9.59 Å². The van der Waals surface area contributed by atoms with Crippen molar-refractivity contribution in [2.24, 2.45) is 12.8 Å². The lowest BCUT2D eigenvalue weighted by Crippen LogP contribution is -2.27. The van der Waals surface area contributed by atoms with Crippen molar-refractivity contribution >= 4 is 34.3 Å². The molecule has 120 valence electrons. The zero-order valence-electron chi connectivity index (χ0n) is 12.9. The summed E-state index contributed by atoms with van der Waals surface area (Å²) in [5.74, 6) is 0. The van der Waals surface area contributed by atoms with Gasteiger partial charge < -0.3 is 20.8 Å². The molecular formula is C14H19ClN4O3. The van der Waals surface area contributed by atoms with Gasteiger partial charge in [-0.1, -0.05) is 11.6 Å². The van der Waals surface area contributed by atoms with Crippen LogP contribution in [0.5, 0.6) is 0 Å². The van der Waals surface area contributed by atoms with Crippen LogP contribution in [0.2, 0.25) is 5.02 Å². The standard InChI is InChI=1S/C9H8ClN3O.C5H11NO2/c1-13-4-12-6-3-2-5(11)8(10)7(6)9(13)14;1-5(2,3)8-4(6)7/h2-4H,11H2,1H3;1-3H3,(H2,6,7). The number of nitrogens with two attached hydrogens (primary N) is 2. The number of hydrogen-bond donors (Lipinski definition) is 2. The third-order valence-corrected chi connectivity index (χ3v) is 2.87. The Hall–Kier alpha value is -2.28. The summed E-state index contributed by atoms with van der Waals surface area (Å²) in [6.45, 7) is 5.28. The average molecular weight is 327 g/mol. The van der Waals surface area contributed by atoms with E-state index in [4.69, 9.17) is 23.1 Å². The fraction of sp³-hybridized carbons (Fsp3) is 0.357. The average Bonchev–Trinajstić information content (AvgIpc) is 2.36. The number of nitrogen functional groups attached to an aromatic ring is 1. The second-order valence-electron chi connectivity index (χ2n) is 5.56. The largest absolute Gasteiger partial charge is 0.444 e. The van der Waals surface area contributed by atoms with E-state index in [-0.39, 0.29) is 10.6 Å². The molecule has 0 atom stereocenters. The zero-order valence-corrected chi connectivity index (χ0v) is 13.6. The van der Waals surface area contributed by atoms with Gasteiger partial charge in [-0.3, -0.25) is 4.79 Å². The molecule has 8 heteroatoms. The minimum absolute atomic E-state index is 0.188. The highest BCUT2D eigenvalue weighted by molar-refractivity contribution is 6.37. The van der Waals surface area contributed by atoms with Crippen molar-refractivity contribution in [3.8, 4) is 0 Å². The van der Waals surface area contributed by atoms with Gasteiger partial charge >= 0.3 is 6.09 Å². The van der Waals surface area contributed by atoms with Crippen molar-refractivity contribution in [2.45, 2.75) is 26.4 Å². The number of carbonyl (C=O) groups is 1. The van der Waals surface area contributed by atoms with Crippen LogP contribution in [-0.4, -0.2) is 21.2 Å². The van der Waals surface area contributed by atoms with E-state index >= 15 is 0 Å². The normalized spacial score (nSPS) is 10.8. The van der Waals surface area contributed by atoms with Crippen molar-refractivity contribution in [3.05, 3.63) is 33.8 Å². The molecule has 0 bridgehead atoms. The van der Waals surface area contributed by atoms with E-state index in [1.165, 1.54) is 10.9 Å². The highest BCUT2D eigenvalue weighted by Gasteiger charge is 2.12. The molecule has 0 aliphatic heterocycles. The third kappa shape index (κ3) is 4.63. The first kappa shape index (κ1) is 17.8. The van der Waals surface area contributed by atoms with Gasteiger partial charge in [0, 0.05) is 7.05 Å². The molecular weight excluding hydrogens is 308 g/mol. The van der Waals surface area contributed by atoms with E-state index in [1.54, 1.807) is 40.0 Å². The lowest BCUT2D eigenvalue weighted by atomic mass is 10.2. The van der Waals surface area contributed by atoms with Crippen LogP contribution in [0.4, 0.5) is 10.5 Å². The molecule has 1 aromatic heterocycles. The Morgan fingerprint density at radius 1 is 1.36 bits per heavy atom. The lowest BCUT2D eigenvalue weighted by molar-refractivity contribution is 0.0600. The molecule has 1 heterocycles. The van der Waals surface area contributed by atoms with Crippen LogP contribution in [0.3, 0.4) is 0 Å². The molecule has 0 spiro atoms. The van der Waals surface area contributed by atoms with Crippen LogP contribution in [0.15, 0.2) is 23.3 Å². The molecule has 0 saturated carbocycles. The second kappa shape index (κ2) is 6.65. The van der Waals surface area contributed by atoms with Gasteiger partial charge in [0.25, 0.3) is 5.56 Å². The van der Waals surface area contributed by atoms with Crippen LogP contribution >= 0.6 is 11.6 Å². The summed E-state index contributed by atoms with van der Waals surface area (Å²) in [5.41, 5.74) is 10.6. The molecule has 0 aliphatic rings. The summed E-state index contributed by atoms with van der Waals surface area (Å²) < 4.78 is 5.95. The SMILES string of the molecule is CC(C)(C)OC(N)=O.Cn1cnc2ccc(N)c(Cl)c2c1=O. The number of aromatic nitrogens is 2. The fourth-order valence-electron chi connectivity index (χ4n) is 1.57. The number of primary amides is 1. The van der Waals surface area contributed by atoms with Crippen LogP contribution in [0, 0.1) is 0 Å². The number of halogens is 1. The Balaban J connectivity index is 0.000000261. The summed E-state index contributed by atoms with van der Waals surface area (Å²) in [7, 11) is 1.62. The Morgan fingerprint density at radius 2 is 1.95 bits per heavy atom. The molecule has 1 amide bonds. The minimum atomic E-state index is -0.725. The maximum atomic E-state index is 11.7. The highest BCUT2D eigenvalue weighted by atomic mass is 35.5. The Bertz CT molecular complexity index is 745. The van der Waals surface area contributed by atoms with E-state index in [1.807, 2.05) is 0 Å². The molecule has 4 N–H and O–H groups in total. The first-order chi connectivity index (χ1) is 10.0. The summed E-state index contributed by atoms with van der Waals surface area (Å²) in [5, 5.41) is 0.646. The Morgan fingerprint density at radius 3 is 2.41 bits per heavy atom. The second-order valence-corrected chi connectivity index (χ2v) is 5.93. The van der Waals surface area contributed by atoms with Gasteiger partial charge in [-0.15, -0.1) is 0 Å². The number of amides is 1. The predicted molar refractivity (Wildman–Crippen MR) is 86.8 cm³/mol. The predicted octanol–water partition coefficient (Wildman–Crippen LogP) is 2.05. The van der Waals surface area contributed by atoms with E-state index < -0.39 is 11.7 Å². The first-order valence-electron chi connectivity index (χ1n) is 6.40. The van der Waals surface area contributed by atoms with E-state index in [0.717, 1.165) is 0 Å². The van der Waals surface area contributed by atoms with Crippen molar-refractivity contribution in [1.29, 1.82) is 0 Å². The van der Waals surface area contributed by atoms with Crippen LogP contribution < -0.4 is 17.0 Å². The van der Waals surface area contributed by atoms with Gasteiger partial charge in [0.2, 0.25) is 0 Å². The number of ether oxygens (including phenoxy) is 1. The number of anilines is 1. The fourth-order valence-corrected chi connectivity index (χ4v) is 1.81. The van der Waals surface area contributed by atoms with Gasteiger partial charge in [0.1, 0.15) is 5.60 Å². The number of hydrogen-bond acceptors (Lipinski definition) is 5. The van der Waals surface area contributed by atoms with Gasteiger partial charge in [0.05, 0.1) is 27.9 Å². The topological polar surface area (TPSA) is 113 Å². The van der Waals surface area contributed by atoms with E-state index in [2.05, 4.69) is 9.72 Å². The zero-order chi connectivity index (χ0) is 17.1.